The minimum absolute atomic E-state index is 0.0329. The first-order valence-electron chi connectivity index (χ1n) is 4.68. The second kappa shape index (κ2) is 5.09. The number of amides is 3. The molecule has 0 radical (unpaired) electrons. The van der Waals surface area contributed by atoms with Crippen molar-refractivity contribution >= 4 is 30.4 Å². The molecule has 0 aliphatic carbocycles. The average Bonchev–Trinajstić information content (AvgIpc) is 2.15. The first-order chi connectivity index (χ1) is 7.29. The van der Waals surface area contributed by atoms with Gasteiger partial charge in [0, 0.05) is 33.1 Å². The Hall–Kier alpha value is -0.690. The normalized spacial score (nSPS) is 17.2. The number of nitrogens with zero attached hydrogens (tertiary/aromatic N) is 2. The maximum Gasteiger partial charge on any atom is 0.324 e. The fraction of sp³-hybridized carbons (Fsp3) is 0.714. The van der Waals surface area contributed by atoms with Crippen LogP contribution in [-0.2, 0) is 16.6 Å². The highest BCUT2D eigenvalue weighted by Crippen LogP contribution is 2.28. The Kier molecular flexibility index (Phi) is 4.26. The minimum atomic E-state index is -3.71. The summed E-state index contributed by atoms with van der Waals surface area (Å²) in [5.41, 5.74) is 0. The lowest BCUT2D eigenvalue weighted by atomic mass is 10.3. The van der Waals surface area contributed by atoms with E-state index in [4.69, 9.17) is 9.79 Å². The number of hydrogen-bond donors (Lipinski definition) is 3. The number of urea groups is 1. The minimum Gasteiger partial charge on any atom is -0.339 e. The summed E-state index contributed by atoms with van der Waals surface area (Å²) in [5, 5.41) is 1.95. The van der Waals surface area contributed by atoms with E-state index in [-0.39, 0.29) is 5.91 Å². The Bertz CT molecular complexity index is 337. The molecule has 1 fully saturated rings. The Morgan fingerprint density at radius 1 is 1.19 bits per heavy atom. The number of piperazine rings is 1. The molecule has 92 valence electrons. The van der Waals surface area contributed by atoms with E-state index < -0.39 is 12.7 Å². The summed E-state index contributed by atoms with van der Waals surface area (Å²) < 4.78 is 0. The van der Waals surface area contributed by atoms with E-state index in [9.17, 15) is 9.59 Å². The van der Waals surface area contributed by atoms with Gasteiger partial charge in [-0.1, -0.05) is 0 Å². The third-order valence-corrected chi connectivity index (χ3v) is 3.01. The van der Waals surface area contributed by atoms with Crippen LogP contribution in [0.3, 0.4) is 0 Å². The van der Waals surface area contributed by atoms with Crippen molar-refractivity contribution in [3.05, 3.63) is 0 Å². The van der Waals surface area contributed by atoms with Crippen LogP contribution in [0.1, 0.15) is 6.92 Å². The molecule has 1 rings (SSSR count). The van der Waals surface area contributed by atoms with E-state index in [1.807, 2.05) is 5.09 Å². The molecule has 0 aromatic carbocycles. The van der Waals surface area contributed by atoms with Crippen LogP contribution in [0.25, 0.3) is 0 Å². The molecule has 1 aliphatic heterocycles. The van der Waals surface area contributed by atoms with Crippen LogP contribution in [-0.4, -0.2) is 57.7 Å². The van der Waals surface area contributed by atoms with Gasteiger partial charge in [-0.25, -0.2) is 4.79 Å². The van der Waals surface area contributed by atoms with Gasteiger partial charge in [-0.05, 0) is 11.8 Å². The van der Waals surface area contributed by atoms with E-state index in [0.29, 0.717) is 26.2 Å². The van der Waals surface area contributed by atoms with Gasteiger partial charge in [0.25, 0.3) is 6.64 Å². The molecule has 16 heavy (non-hydrogen) atoms. The summed E-state index contributed by atoms with van der Waals surface area (Å²) in [4.78, 5) is 43.3. The second-order valence-corrected chi connectivity index (χ2v) is 6.29. The van der Waals surface area contributed by atoms with E-state index in [2.05, 4.69) is 11.8 Å². The Morgan fingerprint density at radius 2 is 1.62 bits per heavy atom. The zero-order valence-corrected chi connectivity index (χ0v) is 10.5. The van der Waals surface area contributed by atoms with Gasteiger partial charge in [0.2, 0.25) is 5.91 Å². The van der Waals surface area contributed by atoms with Crippen LogP contribution in [0.5, 0.6) is 0 Å². The molecule has 0 atom stereocenters. The molecule has 9 heteroatoms. The van der Waals surface area contributed by atoms with Crippen LogP contribution in [0, 0.1) is 0 Å². The van der Waals surface area contributed by atoms with E-state index >= 15 is 0 Å². The smallest absolute Gasteiger partial charge is 0.324 e. The van der Waals surface area contributed by atoms with Crippen LogP contribution in [0.2, 0.25) is 0 Å². The van der Waals surface area contributed by atoms with Gasteiger partial charge in [0.1, 0.15) is 0 Å². The highest BCUT2D eigenvalue weighted by molar-refractivity contribution is 8.08. The maximum atomic E-state index is 11.4. The first kappa shape index (κ1) is 13.4. The largest absolute Gasteiger partial charge is 0.339 e. The summed E-state index contributed by atoms with van der Waals surface area (Å²) in [5.74, 6) is -0.0329. The summed E-state index contributed by atoms with van der Waals surface area (Å²) in [6, 6.07) is -0.600. The van der Waals surface area contributed by atoms with Crippen LogP contribution >= 0.6 is 6.64 Å². The number of nitrogens with one attached hydrogen (secondary N) is 1. The lowest BCUT2D eigenvalue weighted by molar-refractivity contribution is -0.130. The summed E-state index contributed by atoms with van der Waals surface area (Å²) in [6.45, 7) is -0.624. The fourth-order valence-corrected chi connectivity index (χ4v) is 2.04. The van der Waals surface area contributed by atoms with Crippen LogP contribution in [0.15, 0.2) is 0 Å². The van der Waals surface area contributed by atoms with Crippen molar-refractivity contribution in [1.82, 2.24) is 14.9 Å². The third-order valence-electron chi connectivity index (χ3n) is 2.25. The van der Waals surface area contributed by atoms with Crippen molar-refractivity contribution < 1.29 is 19.4 Å². The Balaban J connectivity index is 2.45. The fourth-order valence-electron chi connectivity index (χ4n) is 1.42. The van der Waals surface area contributed by atoms with Crippen molar-refractivity contribution in [2.45, 2.75) is 6.92 Å². The Morgan fingerprint density at radius 3 is 2.00 bits per heavy atom. The molecule has 0 aromatic rings. The molecular weight excluding hydrogens is 253 g/mol. The molecule has 1 saturated heterocycles. The van der Waals surface area contributed by atoms with Gasteiger partial charge in [0.15, 0.2) is 0 Å². The summed E-state index contributed by atoms with van der Waals surface area (Å²) in [7, 11) is 0. The van der Waals surface area contributed by atoms with E-state index in [1.54, 1.807) is 4.90 Å². The standard InChI is InChI=1S/C7H14N3O4PS/c1-6(11)9-2-4-10(5-3-9)7(12)8-15(13,14)16/h2-5H2,1H3,(H3,8,12,13,14,16). The Labute approximate surface area is 98.3 Å². The monoisotopic (exact) mass is 267 g/mol. The number of rotatable bonds is 1. The average molecular weight is 267 g/mol. The van der Waals surface area contributed by atoms with Crippen molar-refractivity contribution in [3.8, 4) is 0 Å². The number of carbonyl (C=O) groups is 2. The van der Waals surface area contributed by atoms with Crippen molar-refractivity contribution in [1.29, 1.82) is 0 Å². The second-order valence-electron chi connectivity index (χ2n) is 3.45. The topological polar surface area (TPSA) is 93.1 Å². The quantitative estimate of drug-likeness (QED) is 0.534. The van der Waals surface area contributed by atoms with Gasteiger partial charge in [-0.3, -0.25) is 9.88 Å². The van der Waals surface area contributed by atoms with Gasteiger partial charge in [-0.15, -0.1) is 0 Å². The molecule has 1 aliphatic rings. The highest BCUT2D eigenvalue weighted by Gasteiger charge is 2.24. The molecule has 0 aromatic heterocycles. The molecule has 7 nitrogen and oxygen atoms in total. The first-order valence-corrected chi connectivity index (χ1v) is 7.38. The van der Waals surface area contributed by atoms with Gasteiger partial charge < -0.3 is 19.6 Å². The molecule has 0 unspecified atom stereocenters. The predicted molar refractivity (Wildman–Crippen MR) is 61.1 cm³/mol. The lowest BCUT2D eigenvalue weighted by Gasteiger charge is -2.34. The maximum absolute atomic E-state index is 11.4. The number of hydrogen-bond acceptors (Lipinski definition) is 3. The molecule has 1 heterocycles. The molecule has 0 spiro atoms. The van der Waals surface area contributed by atoms with Gasteiger partial charge in [0.05, 0.1) is 0 Å². The van der Waals surface area contributed by atoms with Crippen molar-refractivity contribution in [2.24, 2.45) is 0 Å². The predicted octanol–water partition coefficient (Wildman–Crippen LogP) is -0.931. The molecule has 0 saturated carbocycles. The third kappa shape index (κ3) is 4.05. The zero-order chi connectivity index (χ0) is 12.3. The molecule has 3 amide bonds. The van der Waals surface area contributed by atoms with Crippen molar-refractivity contribution in [2.75, 3.05) is 26.2 Å². The highest BCUT2D eigenvalue weighted by atomic mass is 32.5. The lowest BCUT2D eigenvalue weighted by Crippen LogP contribution is -2.52. The molecular formula is C7H14N3O4PS. The van der Waals surface area contributed by atoms with Crippen molar-refractivity contribution in [3.63, 3.8) is 0 Å². The number of carbonyl (C=O) groups excluding carboxylic acids is 2. The van der Waals surface area contributed by atoms with Crippen LogP contribution in [0.4, 0.5) is 4.79 Å². The molecule has 3 N–H and O–H groups in total. The zero-order valence-electron chi connectivity index (χ0n) is 8.79. The van der Waals surface area contributed by atoms with Gasteiger partial charge in [-0.2, -0.15) is 0 Å². The van der Waals surface area contributed by atoms with E-state index in [0.717, 1.165) is 0 Å². The van der Waals surface area contributed by atoms with Gasteiger partial charge >= 0.3 is 6.03 Å². The van der Waals surface area contributed by atoms with Crippen LogP contribution < -0.4 is 5.09 Å². The summed E-state index contributed by atoms with van der Waals surface area (Å²) >= 11 is 4.29. The molecule has 0 bridgehead atoms. The van der Waals surface area contributed by atoms with E-state index in [1.165, 1.54) is 11.8 Å². The summed E-state index contributed by atoms with van der Waals surface area (Å²) in [6.07, 6.45) is 0. The SMILES string of the molecule is CC(=O)N1CCN(C(=O)NP(O)(O)=S)CC1.